The lowest BCUT2D eigenvalue weighted by Gasteiger charge is -2.26. The van der Waals surface area contributed by atoms with Gasteiger partial charge in [-0.2, -0.15) is 0 Å². The summed E-state index contributed by atoms with van der Waals surface area (Å²) < 4.78 is 10.4. The summed E-state index contributed by atoms with van der Waals surface area (Å²) in [6.45, 7) is 5.02. The first-order valence-electron chi connectivity index (χ1n) is 5.73. The van der Waals surface area contributed by atoms with E-state index in [2.05, 4.69) is 5.32 Å². The summed E-state index contributed by atoms with van der Waals surface area (Å²) in [6.07, 6.45) is 0.816. The second kappa shape index (κ2) is 8.32. The third-order valence-corrected chi connectivity index (χ3v) is 2.30. The van der Waals surface area contributed by atoms with E-state index >= 15 is 0 Å². The third kappa shape index (κ3) is 5.29. The number of hydrogen-bond acceptors (Lipinski definition) is 4. The van der Waals surface area contributed by atoms with Crippen LogP contribution in [0.4, 0.5) is 4.79 Å². The van der Waals surface area contributed by atoms with Crippen molar-refractivity contribution in [1.29, 1.82) is 0 Å². The van der Waals surface area contributed by atoms with Gasteiger partial charge < -0.3 is 25.4 Å². The van der Waals surface area contributed by atoms with Crippen molar-refractivity contribution in [3.05, 3.63) is 0 Å². The molecule has 0 aromatic carbocycles. The second-order valence-corrected chi connectivity index (χ2v) is 3.59. The highest BCUT2D eigenvalue weighted by Crippen LogP contribution is 1.96. The van der Waals surface area contributed by atoms with E-state index in [0.29, 0.717) is 52.6 Å². The van der Waals surface area contributed by atoms with Gasteiger partial charge >= 0.3 is 6.03 Å². The summed E-state index contributed by atoms with van der Waals surface area (Å²) in [7, 11) is 0. The molecule has 1 heterocycles. The second-order valence-electron chi connectivity index (χ2n) is 3.59. The molecule has 0 aromatic rings. The minimum Gasteiger partial charge on any atom is -0.380 e. The minimum absolute atomic E-state index is 0.0119. The number of morpholine rings is 1. The number of nitrogens with one attached hydrogen (secondary N) is 1. The zero-order valence-electron chi connectivity index (χ0n) is 9.61. The summed E-state index contributed by atoms with van der Waals surface area (Å²) in [5, 5.41) is 2.85. The maximum Gasteiger partial charge on any atom is 0.317 e. The number of hydrogen-bond donors (Lipinski definition) is 2. The molecule has 6 heteroatoms. The van der Waals surface area contributed by atoms with Gasteiger partial charge in [0.05, 0.1) is 19.8 Å². The number of ether oxygens (including phenoxy) is 2. The van der Waals surface area contributed by atoms with Crippen molar-refractivity contribution in [2.45, 2.75) is 6.42 Å². The predicted octanol–water partition coefficient (Wildman–Crippen LogP) is -0.606. The van der Waals surface area contributed by atoms with E-state index in [9.17, 15) is 4.79 Å². The van der Waals surface area contributed by atoms with E-state index in [4.69, 9.17) is 15.2 Å². The van der Waals surface area contributed by atoms with Crippen molar-refractivity contribution >= 4 is 6.03 Å². The fraction of sp³-hybridized carbons (Fsp3) is 0.900. The molecule has 0 spiro atoms. The van der Waals surface area contributed by atoms with Crippen molar-refractivity contribution in [1.82, 2.24) is 10.2 Å². The van der Waals surface area contributed by atoms with Crippen LogP contribution in [0.25, 0.3) is 0 Å². The lowest BCUT2D eigenvalue weighted by molar-refractivity contribution is 0.0530. The topological polar surface area (TPSA) is 76.8 Å². The molecule has 1 rings (SSSR count). The van der Waals surface area contributed by atoms with Gasteiger partial charge in [0.15, 0.2) is 0 Å². The Balaban J connectivity index is 1.97. The van der Waals surface area contributed by atoms with Crippen LogP contribution < -0.4 is 11.1 Å². The van der Waals surface area contributed by atoms with Crippen molar-refractivity contribution in [2.24, 2.45) is 5.73 Å². The molecule has 0 radical (unpaired) electrons. The first kappa shape index (κ1) is 13.2. The summed E-state index contributed by atoms with van der Waals surface area (Å²) in [5.41, 5.74) is 5.28. The van der Waals surface area contributed by atoms with Gasteiger partial charge in [-0.3, -0.25) is 0 Å². The number of nitrogens with two attached hydrogens (primary N) is 1. The fourth-order valence-electron chi connectivity index (χ4n) is 1.43. The molecule has 1 aliphatic heterocycles. The van der Waals surface area contributed by atoms with Crippen LogP contribution >= 0.6 is 0 Å². The van der Waals surface area contributed by atoms with E-state index < -0.39 is 0 Å². The molecule has 94 valence electrons. The Kier molecular flexibility index (Phi) is 6.87. The number of carbonyl (C=O) groups excluding carboxylic acids is 1. The Hall–Kier alpha value is -0.850. The van der Waals surface area contributed by atoms with E-state index in [-0.39, 0.29) is 6.03 Å². The molecule has 1 saturated heterocycles. The molecule has 0 bridgehead atoms. The maximum absolute atomic E-state index is 11.6. The monoisotopic (exact) mass is 231 g/mol. The maximum atomic E-state index is 11.6. The molecule has 0 atom stereocenters. The highest BCUT2D eigenvalue weighted by molar-refractivity contribution is 5.74. The molecule has 6 nitrogen and oxygen atoms in total. The molecule has 1 aliphatic rings. The van der Waals surface area contributed by atoms with Crippen LogP contribution in [0.3, 0.4) is 0 Å². The van der Waals surface area contributed by atoms with Gasteiger partial charge in [-0.15, -0.1) is 0 Å². The van der Waals surface area contributed by atoms with Gasteiger partial charge in [0.2, 0.25) is 0 Å². The molecule has 1 fully saturated rings. The highest BCUT2D eigenvalue weighted by Gasteiger charge is 2.15. The molecule has 0 unspecified atom stereocenters. The Labute approximate surface area is 96.1 Å². The average Bonchev–Trinajstić information content (AvgIpc) is 2.34. The summed E-state index contributed by atoms with van der Waals surface area (Å²) in [5.74, 6) is 0. The van der Waals surface area contributed by atoms with E-state index in [0.717, 1.165) is 6.42 Å². The fourth-order valence-corrected chi connectivity index (χ4v) is 1.43. The van der Waals surface area contributed by atoms with Crippen LogP contribution in [0.15, 0.2) is 0 Å². The van der Waals surface area contributed by atoms with Gasteiger partial charge in [-0.05, 0) is 6.42 Å². The average molecular weight is 231 g/mol. The molecule has 0 aliphatic carbocycles. The molecule has 2 amide bonds. The zero-order chi connectivity index (χ0) is 11.6. The number of carbonyl (C=O) groups is 1. The quantitative estimate of drug-likeness (QED) is 0.598. The van der Waals surface area contributed by atoms with E-state index in [1.807, 2.05) is 0 Å². The van der Waals surface area contributed by atoms with Crippen LogP contribution in [0.1, 0.15) is 6.42 Å². The SMILES string of the molecule is NCCOCCCNC(=O)N1CCOCC1. The Morgan fingerprint density at radius 3 is 2.81 bits per heavy atom. The predicted molar refractivity (Wildman–Crippen MR) is 60.3 cm³/mol. The van der Waals surface area contributed by atoms with Crippen LogP contribution in [-0.2, 0) is 9.47 Å². The molecular formula is C10H21N3O3. The first-order chi connectivity index (χ1) is 7.84. The van der Waals surface area contributed by atoms with Crippen molar-refractivity contribution in [3.8, 4) is 0 Å². The lowest BCUT2D eigenvalue weighted by Crippen LogP contribution is -2.46. The Morgan fingerprint density at radius 1 is 1.38 bits per heavy atom. The highest BCUT2D eigenvalue weighted by atomic mass is 16.5. The summed E-state index contributed by atoms with van der Waals surface area (Å²) in [4.78, 5) is 13.4. The van der Waals surface area contributed by atoms with E-state index in [1.54, 1.807) is 4.90 Å². The summed E-state index contributed by atoms with van der Waals surface area (Å²) >= 11 is 0. The standard InChI is InChI=1S/C10H21N3O3/c11-2-7-15-6-1-3-12-10(14)13-4-8-16-9-5-13/h1-9,11H2,(H,12,14). The normalized spacial score (nSPS) is 16.2. The van der Waals surface area contributed by atoms with Crippen molar-refractivity contribution in [2.75, 3.05) is 52.6 Å². The van der Waals surface area contributed by atoms with E-state index in [1.165, 1.54) is 0 Å². The Morgan fingerprint density at radius 2 is 2.12 bits per heavy atom. The van der Waals surface area contributed by atoms with Gasteiger partial charge in [0.25, 0.3) is 0 Å². The molecule has 0 saturated carbocycles. The smallest absolute Gasteiger partial charge is 0.317 e. The first-order valence-corrected chi connectivity index (χ1v) is 5.73. The number of rotatable bonds is 6. The molecule has 0 aromatic heterocycles. The third-order valence-electron chi connectivity index (χ3n) is 2.30. The van der Waals surface area contributed by atoms with Gasteiger partial charge in [0.1, 0.15) is 0 Å². The number of nitrogens with zero attached hydrogens (tertiary/aromatic N) is 1. The summed E-state index contributed by atoms with van der Waals surface area (Å²) in [6, 6.07) is -0.0119. The van der Waals surface area contributed by atoms with Gasteiger partial charge in [-0.1, -0.05) is 0 Å². The Bertz CT molecular complexity index is 196. The van der Waals surface area contributed by atoms with Crippen molar-refractivity contribution in [3.63, 3.8) is 0 Å². The molecular weight excluding hydrogens is 210 g/mol. The van der Waals surface area contributed by atoms with Crippen LogP contribution in [0.5, 0.6) is 0 Å². The minimum atomic E-state index is -0.0119. The van der Waals surface area contributed by atoms with Gasteiger partial charge in [0, 0.05) is 32.8 Å². The van der Waals surface area contributed by atoms with Crippen LogP contribution in [0, 0.1) is 0 Å². The number of amides is 2. The molecule has 16 heavy (non-hydrogen) atoms. The lowest BCUT2D eigenvalue weighted by atomic mass is 10.4. The molecule has 3 N–H and O–H groups in total. The number of urea groups is 1. The van der Waals surface area contributed by atoms with Crippen molar-refractivity contribution < 1.29 is 14.3 Å². The van der Waals surface area contributed by atoms with Gasteiger partial charge in [-0.25, -0.2) is 4.79 Å². The zero-order valence-corrected chi connectivity index (χ0v) is 9.61. The largest absolute Gasteiger partial charge is 0.380 e. The van der Waals surface area contributed by atoms with Crippen LogP contribution in [0.2, 0.25) is 0 Å². The van der Waals surface area contributed by atoms with Crippen LogP contribution in [-0.4, -0.2) is 63.5 Å².